The van der Waals surface area contributed by atoms with E-state index in [1.165, 1.54) is 12.8 Å². The van der Waals surface area contributed by atoms with Crippen LogP contribution < -0.4 is 5.73 Å². The van der Waals surface area contributed by atoms with E-state index < -0.39 is 0 Å². The van der Waals surface area contributed by atoms with Gasteiger partial charge >= 0.3 is 0 Å². The van der Waals surface area contributed by atoms with Gasteiger partial charge in [-0.3, -0.25) is 4.68 Å². The fourth-order valence-corrected chi connectivity index (χ4v) is 2.28. The maximum atomic E-state index is 5.91. The highest BCUT2D eigenvalue weighted by atomic mass is 79.9. The first-order valence-corrected chi connectivity index (χ1v) is 6.26. The number of nitrogens with zero attached hydrogens (tertiary/aromatic N) is 4. The van der Waals surface area contributed by atoms with Gasteiger partial charge in [-0.2, -0.15) is 5.10 Å². The molecule has 0 atom stereocenters. The summed E-state index contributed by atoms with van der Waals surface area (Å²) in [4.78, 5) is 8.88. The van der Waals surface area contributed by atoms with E-state index in [9.17, 15) is 0 Å². The summed E-state index contributed by atoms with van der Waals surface area (Å²) in [6.07, 6.45) is 6.00. The lowest BCUT2D eigenvalue weighted by atomic mass is 10.2. The highest BCUT2D eigenvalue weighted by molar-refractivity contribution is 9.10. The van der Waals surface area contributed by atoms with Gasteiger partial charge in [0.05, 0.1) is 21.9 Å². The second-order valence-electron chi connectivity index (χ2n) is 4.31. The van der Waals surface area contributed by atoms with Crippen LogP contribution in [0.15, 0.2) is 16.9 Å². The topological polar surface area (TPSA) is 69.6 Å². The predicted molar refractivity (Wildman–Crippen MR) is 68.3 cm³/mol. The standard InChI is InChI=1S/C11H12BrN5/c1-17-5-7(4-14-17)11-15-9(6-2-3-6)8(12)10(13)16-11/h4-6H,2-3H2,1H3,(H2,13,15,16). The lowest BCUT2D eigenvalue weighted by Crippen LogP contribution is -2.01. The Kier molecular flexibility index (Phi) is 2.39. The third kappa shape index (κ3) is 1.93. The van der Waals surface area contributed by atoms with Crippen LogP contribution in [0.5, 0.6) is 0 Å². The molecule has 2 aromatic heterocycles. The van der Waals surface area contributed by atoms with Gasteiger partial charge in [0, 0.05) is 19.2 Å². The number of hydrogen-bond acceptors (Lipinski definition) is 4. The maximum Gasteiger partial charge on any atom is 0.165 e. The molecule has 1 saturated carbocycles. The Morgan fingerprint density at radius 2 is 2.18 bits per heavy atom. The van der Waals surface area contributed by atoms with Crippen molar-refractivity contribution in [3.8, 4) is 11.4 Å². The van der Waals surface area contributed by atoms with Crippen molar-refractivity contribution in [3.63, 3.8) is 0 Å². The summed E-state index contributed by atoms with van der Waals surface area (Å²) in [5, 5.41) is 4.12. The zero-order valence-electron chi connectivity index (χ0n) is 9.39. The van der Waals surface area contributed by atoms with Crippen molar-refractivity contribution >= 4 is 21.7 Å². The summed E-state index contributed by atoms with van der Waals surface area (Å²) in [5.41, 5.74) is 7.83. The molecule has 88 valence electrons. The van der Waals surface area contributed by atoms with Crippen LogP contribution in [0.3, 0.4) is 0 Å². The highest BCUT2D eigenvalue weighted by Crippen LogP contribution is 2.43. The third-order valence-electron chi connectivity index (χ3n) is 2.83. The van der Waals surface area contributed by atoms with Gasteiger partial charge in [0.2, 0.25) is 0 Å². The largest absolute Gasteiger partial charge is 0.383 e. The molecule has 2 aromatic rings. The van der Waals surface area contributed by atoms with Gasteiger partial charge < -0.3 is 5.73 Å². The van der Waals surface area contributed by atoms with Gasteiger partial charge in [0.25, 0.3) is 0 Å². The Morgan fingerprint density at radius 1 is 1.41 bits per heavy atom. The number of aryl methyl sites for hydroxylation is 1. The minimum absolute atomic E-state index is 0.501. The number of halogens is 1. The van der Waals surface area contributed by atoms with Crippen LogP contribution in [0.1, 0.15) is 24.5 Å². The molecule has 0 spiro atoms. The van der Waals surface area contributed by atoms with Crippen LogP contribution in [0.2, 0.25) is 0 Å². The van der Waals surface area contributed by atoms with Crippen molar-refractivity contribution in [3.05, 3.63) is 22.6 Å². The van der Waals surface area contributed by atoms with Crippen molar-refractivity contribution in [1.82, 2.24) is 19.7 Å². The minimum atomic E-state index is 0.501. The first-order valence-electron chi connectivity index (χ1n) is 5.47. The molecule has 17 heavy (non-hydrogen) atoms. The van der Waals surface area contributed by atoms with E-state index in [0.717, 1.165) is 15.7 Å². The van der Waals surface area contributed by atoms with Crippen molar-refractivity contribution in [2.75, 3.05) is 5.73 Å². The Balaban J connectivity index is 2.11. The molecule has 0 aromatic carbocycles. The van der Waals surface area contributed by atoms with Crippen LogP contribution in [-0.4, -0.2) is 19.7 Å². The lowest BCUT2D eigenvalue weighted by Gasteiger charge is -2.06. The zero-order chi connectivity index (χ0) is 12.0. The van der Waals surface area contributed by atoms with E-state index in [4.69, 9.17) is 5.73 Å². The first kappa shape index (κ1) is 10.7. The second-order valence-corrected chi connectivity index (χ2v) is 5.10. The summed E-state index contributed by atoms with van der Waals surface area (Å²) in [5.74, 6) is 1.69. The number of nitrogen functional groups attached to an aromatic ring is 1. The molecule has 0 radical (unpaired) electrons. The van der Waals surface area contributed by atoms with Gasteiger partial charge in [0.15, 0.2) is 5.82 Å². The van der Waals surface area contributed by atoms with Crippen LogP contribution in [0.4, 0.5) is 5.82 Å². The van der Waals surface area contributed by atoms with E-state index in [1.54, 1.807) is 10.9 Å². The molecule has 0 bridgehead atoms. The average molecular weight is 294 g/mol. The molecule has 1 fully saturated rings. The van der Waals surface area contributed by atoms with Gasteiger partial charge in [-0.25, -0.2) is 9.97 Å². The Hall–Kier alpha value is -1.43. The summed E-state index contributed by atoms with van der Waals surface area (Å²) >= 11 is 3.46. The van der Waals surface area contributed by atoms with Crippen LogP contribution in [-0.2, 0) is 7.05 Å². The van der Waals surface area contributed by atoms with Crippen LogP contribution in [0.25, 0.3) is 11.4 Å². The van der Waals surface area contributed by atoms with Crippen LogP contribution in [0, 0.1) is 0 Å². The second kappa shape index (κ2) is 3.80. The van der Waals surface area contributed by atoms with E-state index in [0.29, 0.717) is 17.6 Å². The molecule has 0 saturated heterocycles. The predicted octanol–water partition coefficient (Wildman–Crippen LogP) is 2.10. The lowest BCUT2D eigenvalue weighted by molar-refractivity contribution is 0.768. The molecular formula is C11H12BrN5. The molecule has 0 aliphatic heterocycles. The Labute approximate surface area is 107 Å². The van der Waals surface area contributed by atoms with Crippen molar-refractivity contribution < 1.29 is 0 Å². The monoisotopic (exact) mass is 293 g/mol. The van der Waals surface area contributed by atoms with Gasteiger partial charge in [-0.1, -0.05) is 0 Å². The fraction of sp³-hybridized carbons (Fsp3) is 0.364. The molecular weight excluding hydrogens is 282 g/mol. The first-order chi connectivity index (χ1) is 8.15. The molecule has 1 aliphatic carbocycles. The number of nitrogens with two attached hydrogens (primary N) is 1. The van der Waals surface area contributed by atoms with E-state index in [-0.39, 0.29) is 0 Å². The number of hydrogen-bond donors (Lipinski definition) is 1. The van der Waals surface area contributed by atoms with E-state index in [1.807, 2.05) is 13.2 Å². The van der Waals surface area contributed by atoms with Gasteiger partial charge in [-0.05, 0) is 28.8 Å². The third-order valence-corrected chi connectivity index (χ3v) is 3.64. The van der Waals surface area contributed by atoms with Crippen molar-refractivity contribution in [2.24, 2.45) is 7.05 Å². The van der Waals surface area contributed by atoms with E-state index in [2.05, 4.69) is 31.0 Å². The van der Waals surface area contributed by atoms with E-state index >= 15 is 0 Å². The number of anilines is 1. The minimum Gasteiger partial charge on any atom is -0.383 e. The average Bonchev–Trinajstić information content (AvgIpc) is 3.05. The number of rotatable bonds is 2. The SMILES string of the molecule is Cn1cc(-c2nc(N)c(Br)c(C3CC3)n2)cn1. The summed E-state index contributed by atoms with van der Waals surface area (Å²) in [6, 6.07) is 0. The molecule has 1 aliphatic rings. The molecule has 0 amide bonds. The van der Waals surface area contributed by atoms with Crippen molar-refractivity contribution in [2.45, 2.75) is 18.8 Å². The van der Waals surface area contributed by atoms with Crippen molar-refractivity contribution in [1.29, 1.82) is 0 Å². The van der Waals surface area contributed by atoms with Crippen LogP contribution >= 0.6 is 15.9 Å². The molecule has 2 heterocycles. The Bertz CT molecular complexity index is 573. The highest BCUT2D eigenvalue weighted by Gasteiger charge is 2.29. The summed E-state index contributed by atoms with van der Waals surface area (Å²) < 4.78 is 2.57. The Morgan fingerprint density at radius 3 is 2.76 bits per heavy atom. The smallest absolute Gasteiger partial charge is 0.165 e. The zero-order valence-corrected chi connectivity index (χ0v) is 11.0. The summed E-state index contributed by atoms with van der Waals surface area (Å²) in [7, 11) is 1.87. The molecule has 3 rings (SSSR count). The molecule has 6 heteroatoms. The molecule has 0 unspecified atom stereocenters. The molecule has 5 nitrogen and oxygen atoms in total. The summed E-state index contributed by atoms with van der Waals surface area (Å²) in [6.45, 7) is 0. The van der Waals surface area contributed by atoms with Gasteiger partial charge in [-0.15, -0.1) is 0 Å². The molecule has 2 N–H and O–H groups in total. The fourth-order valence-electron chi connectivity index (χ4n) is 1.78. The quantitative estimate of drug-likeness (QED) is 0.921. The normalized spacial score (nSPS) is 15.2. The number of aromatic nitrogens is 4. The maximum absolute atomic E-state index is 5.91. The van der Waals surface area contributed by atoms with Gasteiger partial charge in [0.1, 0.15) is 5.82 Å².